The molecule has 0 N–H and O–H groups in total. The lowest BCUT2D eigenvalue weighted by Crippen LogP contribution is -2.48. The van der Waals surface area contributed by atoms with E-state index < -0.39 is 0 Å². The maximum atomic E-state index is 5.79. The maximum absolute atomic E-state index is 5.79. The van der Waals surface area contributed by atoms with E-state index in [9.17, 15) is 0 Å². The third-order valence-corrected chi connectivity index (χ3v) is 6.16. The van der Waals surface area contributed by atoms with Gasteiger partial charge < -0.3 is 23.8 Å². The summed E-state index contributed by atoms with van der Waals surface area (Å²) >= 11 is 0. The molecule has 1 aliphatic rings. The standard InChI is InChI=1S/C24H32N6O4/c1-31-17-16-30-24(25-26-27-30)22(20-6-5-7-21(33-3)23(20)34-4)29-14-12-28(13-15-29)18-8-10-19(32-2)11-9-18/h5-11,22H,12-17H2,1-4H3/t22-/m1/s1. The number of hydrogen-bond donors (Lipinski definition) is 0. The van der Waals surface area contributed by atoms with E-state index in [2.05, 4.69) is 43.5 Å². The number of nitrogens with zero attached hydrogens (tertiary/aromatic N) is 6. The van der Waals surface area contributed by atoms with Gasteiger partial charge in [-0.05, 0) is 40.8 Å². The van der Waals surface area contributed by atoms with Crippen molar-refractivity contribution in [3.8, 4) is 17.2 Å². The van der Waals surface area contributed by atoms with Crippen LogP contribution in [-0.4, -0.2) is 86.3 Å². The number of aromatic nitrogens is 4. The van der Waals surface area contributed by atoms with Crippen LogP contribution in [0.15, 0.2) is 42.5 Å². The number of rotatable bonds is 10. The molecule has 0 radical (unpaired) electrons. The summed E-state index contributed by atoms with van der Waals surface area (Å²) in [6, 6.07) is 13.9. The van der Waals surface area contributed by atoms with Crippen LogP contribution in [0.3, 0.4) is 0 Å². The first-order valence-electron chi connectivity index (χ1n) is 11.3. The highest BCUT2D eigenvalue weighted by molar-refractivity contribution is 5.51. The molecule has 1 atom stereocenters. The van der Waals surface area contributed by atoms with Crippen molar-refractivity contribution in [2.45, 2.75) is 12.6 Å². The number of methoxy groups -OCH3 is 4. The SMILES string of the molecule is COCCn1nnnc1[C@@H](c1cccc(OC)c1OC)N1CCN(c2ccc(OC)cc2)CC1. The second kappa shape index (κ2) is 11.2. The van der Waals surface area contributed by atoms with E-state index in [1.807, 2.05) is 28.9 Å². The van der Waals surface area contributed by atoms with Crippen molar-refractivity contribution < 1.29 is 18.9 Å². The molecule has 1 fully saturated rings. The third-order valence-electron chi connectivity index (χ3n) is 6.16. The number of piperazine rings is 1. The molecule has 182 valence electrons. The van der Waals surface area contributed by atoms with Gasteiger partial charge in [-0.3, -0.25) is 4.90 Å². The highest BCUT2D eigenvalue weighted by atomic mass is 16.5. The van der Waals surface area contributed by atoms with Gasteiger partial charge in [0.05, 0.1) is 34.5 Å². The monoisotopic (exact) mass is 468 g/mol. The average molecular weight is 469 g/mol. The van der Waals surface area contributed by atoms with E-state index in [4.69, 9.17) is 18.9 Å². The summed E-state index contributed by atoms with van der Waals surface area (Å²) in [5, 5.41) is 12.6. The Morgan fingerprint density at radius 3 is 2.29 bits per heavy atom. The zero-order valence-corrected chi connectivity index (χ0v) is 20.2. The lowest BCUT2D eigenvalue weighted by molar-refractivity contribution is 0.170. The van der Waals surface area contributed by atoms with E-state index in [-0.39, 0.29) is 6.04 Å². The predicted molar refractivity (Wildman–Crippen MR) is 128 cm³/mol. The molecule has 0 unspecified atom stereocenters. The molecule has 1 saturated heterocycles. The van der Waals surface area contributed by atoms with Gasteiger partial charge in [0.2, 0.25) is 0 Å². The Hall–Kier alpha value is -3.37. The summed E-state index contributed by atoms with van der Waals surface area (Å²) in [4.78, 5) is 4.77. The van der Waals surface area contributed by atoms with Crippen LogP contribution in [0.1, 0.15) is 17.4 Å². The normalized spacial score (nSPS) is 15.2. The predicted octanol–water partition coefficient (Wildman–Crippen LogP) is 2.26. The minimum absolute atomic E-state index is 0.199. The van der Waals surface area contributed by atoms with Crippen molar-refractivity contribution in [2.75, 3.05) is 66.1 Å². The van der Waals surface area contributed by atoms with Crippen molar-refractivity contribution in [1.29, 1.82) is 0 Å². The summed E-state index contributed by atoms with van der Waals surface area (Å²) in [5.74, 6) is 2.98. The van der Waals surface area contributed by atoms with Gasteiger partial charge in [0.1, 0.15) is 11.8 Å². The zero-order valence-electron chi connectivity index (χ0n) is 20.2. The number of para-hydroxylation sites is 1. The average Bonchev–Trinajstić information content (AvgIpc) is 3.35. The number of ether oxygens (including phenoxy) is 4. The molecule has 10 nitrogen and oxygen atoms in total. The van der Waals surface area contributed by atoms with E-state index in [0.717, 1.165) is 43.3 Å². The van der Waals surface area contributed by atoms with E-state index in [1.54, 1.807) is 28.4 Å². The van der Waals surface area contributed by atoms with Crippen LogP contribution in [0.5, 0.6) is 17.2 Å². The molecule has 0 aliphatic carbocycles. The van der Waals surface area contributed by atoms with Gasteiger partial charge in [0, 0.05) is 44.5 Å². The van der Waals surface area contributed by atoms with Crippen LogP contribution in [0.25, 0.3) is 0 Å². The van der Waals surface area contributed by atoms with Crippen LogP contribution in [0.2, 0.25) is 0 Å². The molecule has 1 aromatic heterocycles. The lowest BCUT2D eigenvalue weighted by atomic mass is 10.0. The molecule has 0 amide bonds. The summed E-state index contributed by atoms with van der Waals surface area (Å²) in [6.07, 6.45) is 0. The van der Waals surface area contributed by atoms with E-state index in [1.165, 1.54) is 5.69 Å². The highest BCUT2D eigenvalue weighted by Crippen LogP contribution is 2.40. The maximum Gasteiger partial charge on any atom is 0.173 e. The fourth-order valence-electron chi connectivity index (χ4n) is 4.40. The van der Waals surface area contributed by atoms with Crippen LogP contribution >= 0.6 is 0 Å². The van der Waals surface area contributed by atoms with Gasteiger partial charge in [-0.25, -0.2) is 4.68 Å². The van der Waals surface area contributed by atoms with Crippen molar-refractivity contribution in [2.24, 2.45) is 0 Å². The first-order valence-corrected chi connectivity index (χ1v) is 11.3. The Morgan fingerprint density at radius 2 is 1.65 bits per heavy atom. The molecule has 4 rings (SSSR count). The van der Waals surface area contributed by atoms with Gasteiger partial charge in [0.25, 0.3) is 0 Å². The number of hydrogen-bond acceptors (Lipinski definition) is 9. The lowest BCUT2D eigenvalue weighted by Gasteiger charge is -2.40. The molecule has 1 aliphatic heterocycles. The summed E-state index contributed by atoms with van der Waals surface area (Å²) in [5.41, 5.74) is 2.15. The Bertz CT molecular complexity index is 1050. The Labute approximate surface area is 200 Å². The van der Waals surface area contributed by atoms with Crippen molar-refractivity contribution >= 4 is 5.69 Å². The summed E-state index contributed by atoms with van der Waals surface area (Å²) in [6.45, 7) is 4.48. The fourth-order valence-corrected chi connectivity index (χ4v) is 4.40. The van der Waals surface area contributed by atoms with Crippen LogP contribution < -0.4 is 19.1 Å². The number of benzene rings is 2. The van der Waals surface area contributed by atoms with Gasteiger partial charge in [0.15, 0.2) is 17.3 Å². The van der Waals surface area contributed by atoms with E-state index >= 15 is 0 Å². The first-order chi connectivity index (χ1) is 16.7. The van der Waals surface area contributed by atoms with Crippen LogP contribution in [0, 0.1) is 0 Å². The van der Waals surface area contributed by atoms with Crippen molar-refractivity contribution in [1.82, 2.24) is 25.1 Å². The fraction of sp³-hybridized carbons (Fsp3) is 0.458. The van der Waals surface area contributed by atoms with Crippen molar-refractivity contribution in [3.63, 3.8) is 0 Å². The molecular formula is C24H32N6O4. The molecule has 3 aromatic rings. The Morgan fingerprint density at radius 1 is 0.882 bits per heavy atom. The topological polar surface area (TPSA) is 87.0 Å². The van der Waals surface area contributed by atoms with Gasteiger partial charge >= 0.3 is 0 Å². The van der Waals surface area contributed by atoms with Gasteiger partial charge in [-0.1, -0.05) is 12.1 Å². The third kappa shape index (κ3) is 4.92. The molecule has 0 bridgehead atoms. The smallest absolute Gasteiger partial charge is 0.173 e. The second-order valence-corrected chi connectivity index (χ2v) is 7.96. The summed E-state index contributed by atoms with van der Waals surface area (Å²) < 4.78 is 23.8. The largest absolute Gasteiger partial charge is 0.497 e. The first kappa shape index (κ1) is 23.8. The molecule has 0 spiro atoms. The van der Waals surface area contributed by atoms with Crippen molar-refractivity contribution in [3.05, 3.63) is 53.9 Å². The van der Waals surface area contributed by atoms with E-state index in [0.29, 0.717) is 24.7 Å². The minimum atomic E-state index is -0.199. The number of anilines is 1. The molecule has 34 heavy (non-hydrogen) atoms. The van der Waals surface area contributed by atoms with Crippen LogP contribution in [0.4, 0.5) is 5.69 Å². The van der Waals surface area contributed by atoms with Crippen LogP contribution in [-0.2, 0) is 11.3 Å². The Kier molecular flexibility index (Phi) is 7.81. The zero-order chi connectivity index (χ0) is 23.9. The molecule has 0 saturated carbocycles. The van der Waals surface area contributed by atoms with Gasteiger partial charge in [-0.2, -0.15) is 0 Å². The Balaban J connectivity index is 1.64. The molecule has 2 heterocycles. The molecular weight excluding hydrogens is 436 g/mol. The number of tetrazole rings is 1. The molecule has 2 aromatic carbocycles. The minimum Gasteiger partial charge on any atom is -0.497 e. The highest BCUT2D eigenvalue weighted by Gasteiger charge is 2.33. The summed E-state index contributed by atoms with van der Waals surface area (Å²) in [7, 11) is 6.66. The second-order valence-electron chi connectivity index (χ2n) is 7.96. The van der Waals surface area contributed by atoms with Gasteiger partial charge in [-0.15, -0.1) is 5.10 Å². The quantitative estimate of drug-likeness (QED) is 0.445. The molecule has 10 heteroatoms.